The zero-order valence-electron chi connectivity index (χ0n) is 18.6. The number of ether oxygens (including phenoxy) is 1. The minimum absolute atomic E-state index is 0.184. The van der Waals surface area contributed by atoms with Crippen molar-refractivity contribution in [2.24, 2.45) is 0 Å². The van der Waals surface area contributed by atoms with E-state index in [9.17, 15) is 9.59 Å². The number of carbonyl (C=O) groups excluding carboxylic acids is 2. The zero-order chi connectivity index (χ0) is 23.7. The van der Waals surface area contributed by atoms with Gasteiger partial charge in [-0.2, -0.15) is 0 Å². The fourth-order valence-corrected chi connectivity index (χ4v) is 3.63. The smallest absolute Gasteiger partial charge is 0.261 e. The molecule has 0 aliphatic rings. The van der Waals surface area contributed by atoms with Crippen LogP contribution in [0.3, 0.4) is 0 Å². The quantitative estimate of drug-likeness (QED) is 0.382. The first-order valence-electron chi connectivity index (χ1n) is 10.7. The molecule has 0 bridgehead atoms. The Morgan fingerprint density at radius 1 is 1.03 bits per heavy atom. The van der Waals surface area contributed by atoms with Crippen molar-refractivity contribution < 1.29 is 14.3 Å². The maximum atomic E-state index is 13.2. The van der Waals surface area contributed by atoms with Gasteiger partial charge in [-0.1, -0.05) is 61.1 Å². The highest BCUT2D eigenvalue weighted by atomic mass is 35.5. The lowest BCUT2D eigenvalue weighted by Crippen LogP contribution is -2.50. The monoisotopic (exact) mass is 498 g/mol. The van der Waals surface area contributed by atoms with E-state index in [-0.39, 0.29) is 25.0 Å². The van der Waals surface area contributed by atoms with E-state index >= 15 is 0 Å². The summed E-state index contributed by atoms with van der Waals surface area (Å²) in [6.45, 7) is 6.37. The molecule has 0 aromatic heterocycles. The lowest BCUT2D eigenvalue weighted by atomic mass is 10.1. The van der Waals surface area contributed by atoms with Gasteiger partial charge in [0, 0.05) is 18.1 Å². The van der Waals surface area contributed by atoms with Crippen molar-refractivity contribution in [3.8, 4) is 5.75 Å². The van der Waals surface area contributed by atoms with E-state index in [4.69, 9.17) is 39.5 Å². The molecule has 174 valence electrons. The zero-order valence-corrected chi connectivity index (χ0v) is 20.9. The molecule has 32 heavy (non-hydrogen) atoms. The molecule has 2 rings (SSSR count). The number of nitrogens with zero attached hydrogens (tertiary/aromatic N) is 1. The van der Waals surface area contributed by atoms with Gasteiger partial charge in [-0.15, -0.1) is 0 Å². The molecular weight excluding hydrogens is 471 g/mol. The number of nitrogens with one attached hydrogen (secondary N) is 1. The molecule has 0 heterocycles. The minimum atomic E-state index is -0.635. The molecule has 0 aliphatic heterocycles. The van der Waals surface area contributed by atoms with Crippen LogP contribution in [0.15, 0.2) is 36.4 Å². The van der Waals surface area contributed by atoms with Crippen LogP contribution in [-0.4, -0.2) is 35.9 Å². The lowest BCUT2D eigenvalue weighted by molar-refractivity contribution is -0.143. The summed E-state index contributed by atoms with van der Waals surface area (Å²) in [4.78, 5) is 27.6. The van der Waals surface area contributed by atoms with Gasteiger partial charge in [-0.05, 0) is 61.2 Å². The fourth-order valence-electron chi connectivity index (χ4n) is 3.20. The first-order chi connectivity index (χ1) is 15.3. The lowest BCUT2D eigenvalue weighted by Gasteiger charge is -2.30. The second-order valence-electron chi connectivity index (χ2n) is 7.54. The average Bonchev–Trinajstić information content (AvgIpc) is 2.76. The summed E-state index contributed by atoms with van der Waals surface area (Å²) >= 11 is 18.2. The van der Waals surface area contributed by atoms with Gasteiger partial charge in [0.15, 0.2) is 6.61 Å². The molecule has 2 aromatic rings. The third-order valence-electron chi connectivity index (χ3n) is 5.04. The Morgan fingerprint density at radius 3 is 2.38 bits per heavy atom. The number of rotatable bonds is 11. The van der Waals surface area contributed by atoms with E-state index in [0.717, 1.165) is 24.0 Å². The summed E-state index contributed by atoms with van der Waals surface area (Å²) in [5, 5.41) is 4.38. The molecule has 0 aliphatic carbocycles. The predicted molar refractivity (Wildman–Crippen MR) is 131 cm³/mol. The van der Waals surface area contributed by atoms with Gasteiger partial charge in [0.2, 0.25) is 5.91 Å². The Labute approximate surface area is 205 Å². The molecule has 1 atom stereocenters. The van der Waals surface area contributed by atoms with Crippen molar-refractivity contribution in [1.29, 1.82) is 0 Å². The molecule has 1 N–H and O–H groups in total. The average molecular weight is 500 g/mol. The predicted octanol–water partition coefficient (Wildman–Crippen LogP) is 6.06. The molecule has 8 heteroatoms. The molecule has 0 radical (unpaired) electrons. The van der Waals surface area contributed by atoms with Crippen LogP contribution in [0.2, 0.25) is 15.1 Å². The van der Waals surface area contributed by atoms with Crippen LogP contribution < -0.4 is 10.1 Å². The van der Waals surface area contributed by atoms with Crippen LogP contribution in [0.4, 0.5) is 0 Å². The number of halogens is 3. The number of benzene rings is 2. The summed E-state index contributed by atoms with van der Waals surface area (Å²) in [7, 11) is 0. The minimum Gasteiger partial charge on any atom is -0.484 e. The number of hydrogen-bond donors (Lipinski definition) is 1. The molecule has 2 amide bonds. The second-order valence-corrected chi connectivity index (χ2v) is 8.76. The van der Waals surface area contributed by atoms with Crippen molar-refractivity contribution in [3.05, 3.63) is 62.6 Å². The number of hydrogen-bond acceptors (Lipinski definition) is 3. The summed E-state index contributed by atoms with van der Waals surface area (Å²) in [6.07, 6.45) is 2.31. The summed E-state index contributed by atoms with van der Waals surface area (Å²) in [6, 6.07) is 9.74. The van der Waals surface area contributed by atoms with E-state index in [1.165, 1.54) is 4.90 Å². The van der Waals surface area contributed by atoms with E-state index in [2.05, 4.69) is 12.2 Å². The van der Waals surface area contributed by atoms with E-state index in [0.29, 0.717) is 33.8 Å². The van der Waals surface area contributed by atoms with Crippen LogP contribution in [0.25, 0.3) is 0 Å². The molecule has 0 saturated carbocycles. The third-order valence-corrected chi connectivity index (χ3v) is 6.21. The topological polar surface area (TPSA) is 58.6 Å². The molecule has 0 saturated heterocycles. The van der Waals surface area contributed by atoms with Crippen molar-refractivity contribution in [2.45, 2.75) is 52.6 Å². The highest BCUT2D eigenvalue weighted by Crippen LogP contribution is 2.25. The van der Waals surface area contributed by atoms with Gasteiger partial charge in [0.1, 0.15) is 11.8 Å². The van der Waals surface area contributed by atoms with Crippen LogP contribution in [-0.2, 0) is 16.1 Å². The van der Waals surface area contributed by atoms with Gasteiger partial charge in [0.05, 0.1) is 10.0 Å². The fraction of sp³-hybridized carbons (Fsp3) is 0.417. The van der Waals surface area contributed by atoms with Crippen LogP contribution >= 0.6 is 34.8 Å². The van der Waals surface area contributed by atoms with Gasteiger partial charge in [-0.25, -0.2) is 0 Å². The van der Waals surface area contributed by atoms with Crippen LogP contribution in [0.5, 0.6) is 5.75 Å². The Balaban J connectivity index is 2.21. The van der Waals surface area contributed by atoms with Gasteiger partial charge >= 0.3 is 0 Å². The molecule has 5 nitrogen and oxygen atoms in total. The van der Waals surface area contributed by atoms with Gasteiger partial charge in [-0.3, -0.25) is 9.59 Å². The van der Waals surface area contributed by atoms with Gasteiger partial charge in [0.25, 0.3) is 5.91 Å². The Bertz CT molecular complexity index is 937. The maximum absolute atomic E-state index is 13.2. The standard InChI is InChI=1S/C24H29Cl3N2O3/c1-4-6-11-28-24(31)22(5-2)29(14-17-7-9-20(26)21(27)13-17)23(30)15-32-18-8-10-19(25)16(3)12-18/h7-10,12-13,22H,4-6,11,14-15H2,1-3H3,(H,28,31). The third kappa shape index (κ3) is 7.58. The Kier molecular flexibility index (Phi) is 10.6. The molecular formula is C24H29Cl3N2O3. The van der Waals surface area contributed by atoms with Crippen molar-refractivity contribution >= 4 is 46.6 Å². The highest BCUT2D eigenvalue weighted by Gasteiger charge is 2.29. The van der Waals surface area contributed by atoms with Crippen molar-refractivity contribution in [2.75, 3.05) is 13.2 Å². The first-order valence-corrected chi connectivity index (χ1v) is 11.8. The first kappa shape index (κ1) is 26.3. The van der Waals surface area contributed by atoms with Gasteiger partial charge < -0.3 is 15.0 Å². The number of carbonyl (C=O) groups is 2. The number of unbranched alkanes of at least 4 members (excludes halogenated alkanes) is 1. The van der Waals surface area contributed by atoms with Crippen molar-refractivity contribution in [3.63, 3.8) is 0 Å². The Hall–Kier alpha value is -1.95. The highest BCUT2D eigenvalue weighted by molar-refractivity contribution is 6.42. The second kappa shape index (κ2) is 12.9. The maximum Gasteiger partial charge on any atom is 0.261 e. The SMILES string of the molecule is CCCCNC(=O)C(CC)N(Cc1ccc(Cl)c(Cl)c1)C(=O)COc1ccc(Cl)c(C)c1. The summed E-state index contributed by atoms with van der Waals surface area (Å²) in [5.74, 6) is 0.0491. The largest absolute Gasteiger partial charge is 0.484 e. The normalized spacial score (nSPS) is 11.7. The summed E-state index contributed by atoms with van der Waals surface area (Å²) in [5.41, 5.74) is 1.63. The molecule has 0 spiro atoms. The Morgan fingerprint density at radius 2 is 1.75 bits per heavy atom. The number of aryl methyl sites for hydroxylation is 1. The molecule has 1 unspecified atom stereocenters. The van der Waals surface area contributed by atoms with E-state index in [1.807, 2.05) is 13.8 Å². The van der Waals surface area contributed by atoms with Crippen LogP contribution in [0, 0.1) is 6.92 Å². The van der Waals surface area contributed by atoms with Crippen LogP contribution in [0.1, 0.15) is 44.2 Å². The van der Waals surface area contributed by atoms with Crippen molar-refractivity contribution in [1.82, 2.24) is 10.2 Å². The summed E-state index contributed by atoms with van der Waals surface area (Å²) < 4.78 is 5.71. The van der Waals surface area contributed by atoms with E-state index in [1.54, 1.807) is 36.4 Å². The van der Waals surface area contributed by atoms with E-state index < -0.39 is 6.04 Å². The molecule has 2 aromatic carbocycles. The molecule has 0 fully saturated rings. The number of amides is 2.